The van der Waals surface area contributed by atoms with Gasteiger partial charge < -0.3 is 14.9 Å². The van der Waals surface area contributed by atoms with Gasteiger partial charge in [-0.05, 0) is 35.7 Å². The fraction of sp³-hybridized carbons (Fsp3) is 0.188. The molecular weight excluding hydrogens is 256 g/mol. The van der Waals surface area contributed by atoms with Gasteiger partial charge in [0.15, 0.2) is 0 Å². The van der Waals surface area contributed by atoms with Crippen LogP contribution in [0.4, 0.5) is 0 Å². The van der Waals surface area contributed by atoms with Crippen LogP contribution in [0.3, 0.4) is 0 Å². The maximum atomic E-state index is 10.9. The molecule has 2 aromatic carbocycles. The Hall–Kier alpha value is -2.33. The minimum atomic E-state index is -0.970. The highest BCUT2D eigenvalue weighted by atomic mass is 16.5. The van der Waals surface area contributed by atoms with Crippen LogP contribution in [0.2, 0.25) is 0 Å². The van der Waals surface area contributed by atoms with Crippen molar-refractivity contribution in [3.63, 3.8) is 0 Å². The maximum Gasteiger partial charge on any atom is 0.335 e. The molecule has 0 radical (unpaired) electrons. The number of aromatic carboxylic acids is 1. The van der Waals surface area contributed by atoms with Crippen LogP contribution in [0.5, 0.6) is 5.75 Å². The van der Waals surface area contributed by atoms with Crippen molar-refractivity contribution in [2.45, 2.75) is 20.1 Å². The summed E-state index contributed by atoms with van der Waals surface area (Å²) in [6, 6.07) is 12.2. The van der Waals surface area contributed by atoms with E-state index in [0.717, 1.165) is 16.7 Å². The zero-order valence-corrected chi connectivity index (χ0v) is 11.2. The molecule has 0 atom stereocenters. The van der Waals surface area contributed by atoms with E-state index in [0.29, 0.717) is 12.4 Å². The van der Waals surface area contributed by atoms with E-state index >= 15 is 0 Å². The lowest BCUT2D eigenvalue weighted by atomic mass is 10.1. The van der Waals surface area contributed by atoms with Crippen molar-refractivity contribution >= 4 is 5.97 Å². The molecule has 2 aromatic rings. The number of aryl methyl sites for hydroxylation is 1. The van der Waals surface area contributed by atoms with Crippen molar-refractivity contribution in [3.05, 3.63) is 64.7 Å². The van der Waals surface area contributed by atoms with Crippen LogP contribution in [-0.4, -0.2) is 16.2 Å². The van der Waals surface area contributed by atoms with Gasteiger partial charge in [-0.25, -0.2) is 4.79 Å². The quantitative estimate of drug-likeness (QED) is 0.878. The van der Waals surface area contributed by atoms with Crippen molar-refractivity contribution in [3.8, 4) is 5.75 Å². The molecule has 4 heteroatoms. The Morgan fingerprint density at radius 1 is 1.10 bits per heavy atom. The molecule has 0 saturated carbocycles. The van der Waals surface area contributed by atoms with Crippen molar-refractivity contribution in [2.24, 2.45) is 0 Å². The normalized spacial score (nSPS) is 10.3. The smallest absolute Gasteiger partial charge is 0.335 e. The second-order valence-corrected chi connectivity index (χ2v) is 4.55. The summed E-state index contributed by atoms with van der Waals surface area (Å²) in [7, 11) is 0. The Balaban J connectivity index is 2.09. The van der Waals surface area contributed by atoms with Gasteiger partial charge in [0.2, 0.25) is 0 Å². The molecule has 4 nitrogen and oxygen atoms in total. The highest BCUT2D eigenvalue weighted by molar-refractivity contribution is 5.88. The monoisotopic (exact) mass is 272 g/mol. The van der Waals surface area contributed by atoms with Gasteiger partial charge in [-0.1, -0.05) is 30.3 Å². The number of benzene rings is 2. The van der Waals surface area contributed by atoms with E-state index in [-0.39, 0.29) is 12.2 Å². The molecule has 0 amide bonds. The Morgan fingerprint density at radius 3 is 2.35 bits per heavy atom. The third-order valence-electron chi connectivity index (χ3n) is 3.03. The van der Waals surface area contributed by atoms with Crippen LogP contribution in [0.25, 0.3) is 0 Å². The average Bonchev–Trinajstić information content (AvgIpc) is 2.46. The van der Waals surface area contributed by atoms with Gasteiger partial charge in [-0.15, -0.1) is 0 Å². The van der Waals surface area contributed by atoms with Crippen LogP contribution in [0.15, 0.2) is 42.5 Å². The lowest BCUT2D eigenvalue weighted by molar-refractivity contribution is 0.0696. The van der Waals surface area contributed by atoms with E-state index in [4.69, 9.17) is 14.9 Å². The molecule has 0 spiro atoms. The zero-order valence-electron chi connectivity index (χ0n) is 11.2. The van der Waals surface area contributed by atoms with Crippen LogP contribution in [0, 0.1) is 6.92 Å². The van der Waals surface area contributed by atoms with Gasteiger partial charge >= 0.3 is 5.97 Å². The summed E-state index contributed by atoms with van der Waals surface area (Å²) in [5.41, 5.74) is 2.91. The Bertz CT molecular complexity index is 602. The SMILES string of the molecule is Cc1ccc(C(=O)O)cc1OCc1ccc(CO)cc1. The minimum absolute atomic E-state index is 0.0148. The summed E-state index contributed by atoms with van der Waals surface area (Å²) in [5.74, 6) is -0.404. The fourth-order valence-electron chi connectivity index (χ4n) is 1.79. The largest absolute Gasteiger partial charge is 0.489 e. The molecule has 0 aromatic heterocycles. The third kappa shape index (κ3) is 3.36. The second-order valence-electron chi connectivity index (χ2n) is 4.55. The number of hydrogen-bond acceptors (Lipinski definition) is 3. The third-order valence-corrected chi connectivity index (χ3v) is 3.03. The summed E-state index contributed by atoms with van der Waals surface area (Å²) in [5, 5.41) is 17.9. The summed E-state index contributed by atoms with van der Waals surface area (Å²) < 4.78 is 5.66. The Labute approximate surface area is 117 Å². The average molecular weight is 272 g/mol. The first-order valence-electron chi connectivity index (χ1n) is 6.25. The standard InChI is InChI=1S/C16H16O4/c1-11-2-7-14(16(18)19)8-15(11)20-10-13-5-3-12(9-17)4-6-13/h2-8,17H,9-10H2,1H3,(H,18,19). The zero-order chi connectivity index (χ0) is 14.5. The summed E-state index contributed by atoms with van der Waals surface area (Å²) in [4.78, 5) is 10.9. The minimum Gasteiger partial charge on any atom is -0.489 e. The molecule has 0 bridgehead atoms. The molecule has 0 aliphatic carbocycles. The summed E-state index contributed by atoms with van der Waals surface area (Å²) in [6.45, 7) is 2.24. The maximum absolute atomic E-state index is 10.9. The molecule has 2 N–H and O–H groups in total. The van der Waals surface area contributed by atoms with Crippen molar-refractivity contribution in [2.75, 3.05) is 0 Å². The first-order valence-corrected chi connectivity index (χ1v) is 6.25. The van der Waals surface area contributed by atoms with E-state index < -0.39 is 5.97 Å². The topological polar surface area (TPSA) is 66.8 Å². The van der Waals surface area contributed by atoms with Crippen LogP contribution in [-0.2, 0) is 13.2 Å². The highest BCUT2D eigenvalue weighted by Gasteiger charge is 2.07. The number of carbonyl (C=O) groups is 1. The molecule has 0 aliphatic heterocycles. The molecule has 20 heavy (non-hydrogen) atoms. The Morgan fingerprint density at radius 2 is 1.75 bits per heavy atom. The highest BCUT2D eigenvalue weighted by Crippen LogP contribution is 2.21. The van der Waals surface area contributed by atoms with Gasteiger partial charge in [-0.3, -0.25) is 0 Å². The number of aliphatic hydroxyl groups is 1. The van der Waals surface area contributed by atoms with Gasteiger partial charge in [0.1, 0.15) is 12.4 Å². The van der Waals surface area contributed by atoms with E-state index in [1.807, 2.05) is 31.2 Å². The fourth-order valence-corrected chi connectivity index (χ4v) is 1.79. The molecule has 0 heterocycles. The molecule has 0 fully saturated rings. The van der Waals surface area contributed by atoms with E-state index in [2.05, 4.69) is 0 Å². The van der Waals surface area contributed by atoms with Gasteiger partial charge in [0.05, 0.1) is 12.2 Å². The van der Waals surface area contributed by atoms with Gasteiger partial charge in [0, 0.05) is 0 Å². The number of ether oxygens (including phenoxy) is 1. The van der Waals surface area contributed by atoms with Crippen LogP contribution < -0.4 is 4.74 Å². The number of aliphatic hydroxyl groups excluding tert-OH is 1. The van der Waals surface area contributed by atoms with E-state index in [1.165, 1.54) is 6.07 Å². The van der Waals surface area contributed by atoms with E-state index in [9.17, 15) is 4.79 Å². The first-order chi connectivity index (χ1) is 9.60. The predicted octanol–water partition coefficient (Wildman–Crippen LogP) is 2.76. The predicted molar refractivity (Wildman–Crippen MR) is 74.8 cm³/mol. The molecule has 0 saturated heterocycles. The van der Waals surface area contributed by atoms with Crippen molar-refractivity contribution < 1.29 is 19.7 Å². The summed E-state index contributed by atoms with van der Waals surface area (Å²) >= 11 is 0. The first kappa shape index (κ1) is 14.1. The molecule has 2 rings (SSSR count). The van der Waals surface area contributed by atoms with Crippen LogP contribution >= 0.6 is 0 Å². The molecule has 0 unspecified atom stereocenters. The molecule has 104 valence electrons. The van der Waals surface area contributed by atoms with E-state index in [1.54, 1.807) is 12.1 Å². The van der Waals surface area contributed by atoms with Gasteiger partial charge in [0.25, 0.3) is 0 Å². The number of carboxylic acids is 1. The number of carboxylic acid groups (broad SMARTS) is 1. The van der Waals surface area contributed by atoms with Crippen LogP contribution in [0.1, 0.15) is 27.0 Å². The van der Waals surface area contributed by atoms with Crippen molar-refractivity contribution in [1.29, 1.82) is 0 Å². The number of rotatable bonds is 5. The second kappa shape index (κ2) is 6.21. The molecular formula is C16H16O4. The number of hydrogen-bond donors (Lipinski definition) is 2. The van der Waals surface area contributed by atoms with Crippen molar-refractivity contribution in [1.82, 2.24) is 0 Å². The molecule has 0 aliphatic rings. The summed E-state index contributed by atoms with van der Waals surface area (Å²) in [6.07, 6.45) is 0. The lowest BCUT2D eigenvalue weighted by Crippen LogP contribution is -2.01. The Kier molecular flexibility index (Phi) is 4.38. The van der Waals surface area contributed by atoms with Gasteiger partial charge in [-0.2, -0.15) is 0 Å². The lowest BCUT2D eigenvalue weighted by Gasteiger charge is -2.10.